The van der Waals surface area contributed by atoms with Crippen LogP contribution in [0.4, 0.5) is 0 Å². The second kappa shape index (κ2) is 5.83. The normalized spacial score (nSPS) is 29.5. The van der Waals surface area contributed by atoms with Crippen LogP contribution in [0.25, 0.3) is 0 Å². The Bertz CT molecular complexity index is 532. The maximum atomic E-state index is 2.46. The summed E-state index contributed by atoms with van der Waals surface area (Å²) in [6.45, 7) is 7.35. The van der Waals surface area contributed by atoms with E-state index in [-0.39, 0.29) is 5.41 Å². The first-order chi connectivity index (χ1) is 10.1. The van der Waals surface area contributed by atoms with Crippen LogP contribution >= 0.6 is 0 Å². The third kappa shape index (κ3) is 2.86. The van der Waals surface area contributed by atoms with Crippen LogP contribution in [0.15, 0.2) is 54.1 Å². The maximum absolute atomic E-state index is 2.46. The van der Waals surface area contributed by atoms with E-state index in [1.807, 2.05) is 0 Å². The first-order valence-corrected chi connectivity index (χ1v) is 8.50. The van der Waals surface area contributed by atoms with Crippen LogP contribution in [0, 0.1) is 17.8 Å². The van der Waals surface area contributed by atoms with Crippen molar-refractivity contribution in [3.05, 3.63) is 59.7 Å². The highest BCUT2D eigenvalue weighted by molar-refractivity contribution is 5.30. The van der Waals surface area contributed by atoms with E-state index in [0.29, 0.717) is 0 Å². The van der Waals surface area contributed by atoms with E-state index in [1.165, 1.54) is 31.2 Å². The third-order valence-electron chi connectivity index (χ3n) is 5.83. The lowest BCUT2D eigenvalue weighted by molar-refractivity contribution is 0.142. The zero-order valence-corrected chi connectivity index (χ0v) is 13.7. The molecular formula is C21H28. The number of benzene rings is 1. The summed E-state index contributed by atoms with van der Waals surface area (Å²) in [6, 6.07) is 11.1. The van der Waals surface area contributed by atoms with Crippen molar-refractivity contribution in [3.63, 3.8) is 0 Å². The monoisotopic (exact) mass is 280 g/mol. The van der Waals surface area contributed by atoms with Crippen LogP contribution in [0.5, 0.6) is 0 Å². The first-order valence-electron chi connectivity index (χ1n) is 8.50. The molecule has 0 heterocycles. The molecule has 1 aromatic rings. The molecule has 1 aromatic carbocycles. The molecule has 112 valence electrons. The minimum Gasteiger partial charge on any atom is -0.0805 e. The van der Waals surface area contributed by atoms with Gasteiger partial charge in [0.2, 0.25) is 0 Å². The molecule has 0 unspecified atom stereocenters. The van der Waals surface area contributed by atoms with Gasteiger partial charge in [0.1, 0.15) is 0 Å². The lowest BCUT2D eigenvalue weighted by atomic mass is 9.59. The smallest absolute Gasteiger partial charge is 0.00696 e. The molecule has 3 atom stereocenters. The summed E-state index contributed by atoms with van der Waals surface area (Å²) in [5, 5.41) is 0. The Hall–Kier alpha value is -1.30. The van der Waals surface area contributed by atoms with Gasteiger partial charge in [-0.15, -0.1) is 0 Å². The average molecular weight is 280 g/mol. The van der Waals surface area contributed by atoms with Crippen molar-refractivity contribution in [1.29, 1.82) is 0 Å². The van der Waals surface area contributed by atoms with E-state index in [9.17, 15) is 0 Å². The van der Waals surface area contributed by atoms with Gasteiger partial charge in [0, 0.05) is 0 Å². The van der Waals surface area contributed by atoms with Crippen molar-refractivity contribution < 1.29 is 0 Å². The van der Waals surface area contributed by atoms with Crippen molar-refractivity contribution in [1.82, 2.24) is 0 Å². The summed E-state index contributed by atoms with van der Waals surface area (Å²) in [6.07, 6.45) is 12.3. The van der Waals surface area contributed by atoms with Crippen molar-refractivity contribution >= 4 is 0 Å². The molecule has 2 aliphatic carbocycles. The van der Waals surface area contributed by atoms with Gasteiger partial charge < -0.3 is 0 Å². The molecule has 1 saturated carbocycles. The van der Waals surface area contributed by atoms with Gasteiger partial charge in [-0.3, -0.25) is 0 Å². The van der Waals surface area contributed by atoms with E-state index < -0.39 is 0 Å². The Morgan fingerprint density at radius 2 is 1.81 bits per heavy atom. The molecule has 0 bridgehead atoms. The predicted octanol–water partition coefficient (Wildman–Crippen LogP) is 5.90. The number of hydrogen-bond donors (Lipinski definition) is 0. The van der Waals surface area contributed by atoms with Crippen LogP contribution in [0.3, 0.4) is 0 Å². The van der Waals surface area contributed by atoms with Gasteiger partial charge in [-0.2, -0.15) is 0 Å². The Morgan fingerprint density at radius 1 is 1.05 bits per heavy atom. The number of rotatable bonds is 3. The summed E-state index contributed by atoms with van der Waals surface area (Å²) >= 11 is 0. The molecule has 0 heteroatoms. The van der Waals surface area contributed by atoms with Crippen molar-refractivity contribution in [2.75, 3.05) is 0 Å². The second-order valence-electron chi connectivity index (χ2n) is 7.59. The molecular weight excluding hydrogens is 252 g/mol. The molecule has 21 heavy (non-hydrogen) atoms. The van der Waals surface area contributed by atoms with Gasteiger partial charge in [0.15, 0.2) is 0 Å². The number of hydrogen-bond acceptors (Lipinski definition) is 0. The van der Waals surface area contributed by atoms with Crippen molar-refractivity contribution in [2.45, 2.75) is 51.9 Å². The standard InChI is InChI=1S/C21H28/c1-16-13-14-20(19(15-16)17-9-7-8-10-17)21(2,3)18-11-5-4-6-12-18/h4-9,11-12,16,19-20H,10,13-15H2,1-3H3/t16-,19+,20-/m1/s1. The Balaban J connectivity index is 1.90. The van der Waals surface area contributed by atoms with Crippen LogP contribution in [-0.4, -0.2) is 0 Å². The fourth-order valence-electron chi connectivity index (χ4n) is 4.48. The topological polar surface area (TPSA) is 0 Å². The molecule has 0 aliphatic heterocycles. The van der Waals surface area contributed by atoms with Crippen LogP contribution < -0.4 is 0 Å². The highest BCUT2D eigenvalue weighted by Gasteiger charge is 2.41. The average Bonchev–Trinajstić information content (AvgIpc) is 3.02. The predicted molar refractivity (Wildman–Crippen MR) is 91.3 cm³/mol. The summed E-state index contributed by atoms with van der Waals surface area (Å²) in [4.78, 5) is 0. The van der Waals surface area contributed by atoms with Gasteiger partial charge in [0.25, 0.3) is 0 Å². The lowest BCUT2D eigenvalue weighted by Crippen LogP contribution is -2.38. The Morgan fingerprint density at radius 3 is 2.48 bits per heavy atom. The van der Waals surface area contributed by atoms with Crippen molar-refractivity contribution in [3.8, 4) is 0 Å². The van der Waals surface area contributed by atoms with E-state index in [4.69, 9.17) is 0 Å². The van der Waals surface area contributed by atoms with Gasteiger partial charge >= 0.3 is 0 Å². The van der Waals surface area contributed by atoms with Crippen LogP contribution in [0.2, 0.25) is 0 Å². The second-order valence-corrected chi connectivity index (χ2v) is 7.59. The fourth-order valence-corrected chi connectivity index (χ4v) is 4.48. The maximum Gasteiger partial charge on any atom is -0.00696 e. The highest BCUT2D eigenvalue weighted by atomic mass is 14.4. The fraction of sp³-hybridized carbons (Fsp3) is 0.524. The third-order valence-corrected chi connectivity index (χ3v) is 5.83. The molecule has 3 rings (SSSR count). The highest BCUT2D eigenvalue weighted by Crippen LogP contribution is 2.49. The molecule has 0 spiro atoms. The largest absolute Gasteiger partial charge is 0.0805 e. The SMILES string of the molecule is C[C@@H]1CC[C@@H](C(C)(C)c2ccccc2)[C@H](C2=CC=CC2)C1. The van der Waals surface area contributed by atoms with E-state index >= 15 is 0 Å². The van der Waals surface area contributed by atoms with Crippen LogP contribution in [0.1, 0.15) is 52.0 Å². The zero-order valence-electron chi connectivity index (χ0n) is 13.7. The molecule has 0 saturated heterocycles. The molecule has 0 amide bonds. The molecule has 1 fully saturated rings. The van der Waals surface area contributed by atoms with E-state index in [1.54, 1.807) is 5.57 Å². The summed E-state index contributed by atoms with van der Waals surface area (Å²) in [7, 11) is 0. The van der Waals surface area contributed by atoms with E-state index in [2.05, 4.69) is 69.3 Å². The first kappa shape index (κ1) is 14.6. The molecule has 0 nitrogen and oxygen atoms in total. The molecule has 2 aliphatic rings. The molecule has 0 aromatic heterocycles. The lowest BCUT2D eigenvalue weighted by Gasteiger charge is -2.45. The van der Waals surface area contributed by atoms with Gasteiger partial charge in [-0.1, -0.05) is 81.3 Å². The van der Waals surface area contributed by atoms with Crippen LogP contribution in [-0.2, 0) is 5.41 Å². The van der Waals surface area contributed by atoms with Gasteiger partial charge in [0.05, 0.1) is 0 Å². The Labute approximate surface area is 130 Å². The quantitative estimate of drug-likeness (QED) is 0.646. The zero-order chi connectivity index (χ0) is 14.9. The summed E-state index contributed by atoms with van der Waals surface area (Å²) < 4.78 is 0. The van der Waals surface area contributed by atoms with Gasteiger partial charge in [-0.05, 0) is 48.0 Å². The summed E-state index contributed by atoms with van der Waals surface area (Å²) in [5.41, 5.74) is 3.44. The van der Waals surface area contributed by atoms with E-state index in [0.717, 1.165) is 17.8 Å². The number of allylic oxidation sites excluding steroid dienone is 4. The van der Waals surface area contributed by atoms with Crippen molar-refractivity contribution in [2.24, 2.45) is 17.8 Å². The Kier molecular flexibility index (Phi) is 4.06. The van der Waals surface area contributed by atoms with Gasteiger partial charge in [-0.25, -0.2) is 0 Å². The minimum atomic E-state index is 0.259. The molecule has 0 N–H and O–H groups in total. The summed E-state index contributed by atoms with van der Waals surface area (Å²) in [5.74, 6) is 2.40. The molecule has 0 radical (unpaired) electrons. The minimum absolute atomic E-state index is 0.259.